The normalized spacial score (nSPS) is 12.9. The van der Waals surface area contributed by atoms with Gasteiger partial charge in [0, 0.05) is 13.0 Å². The number of carbonyl (C=O) groups is 2. The van der Waals surface area contributed by atoms with Gasteiger partial charge in [0.25, 0.3) is 0 Å². The van der Waals surface area contributed by atoms with Crippen LogP contribution < -0.4 is 0 Å². The van der Waals surface area contributed by atoms with Gasteiger partial charge in [-0.15, -0.1) is 0 Å². The van der Waals surface area contributed by atoms with Crippen molar-refractivity contribution in [3.63, 3.8) is 0 Å². The van der Waals surface area contributed by atoms with Crippen LogP contribution in [0.1, 0.15) is 265 Å². The first-order chi connectivity index (χ1) is 33.6. The number of unbranched alkanes of at least 4 members (excludes halogenated alkanes) is 26. The molecule has 1 atom stereocenters. The van der Waals surface area contributed by atoms with Crippen LogP contribution >= 0.6 is 0 Å². The highest BCUT2D eigenvalue weighted by molar-refractivity contribution is 5.71. The fourth-order valence-electron chi connectivity index (χ4n) is 7.85. The molecule has 0 saturated carbocycles. The van der Waals surface area contributed by atoms with Gasteiger partial charge in [0.1, 0.15) is 6.61 Å². The Kier molecular flexibility index (Phi) is 55.4. The maximum Gasteiger partial charge on any atom is 0.310 e. The highest BCUT2D eigenvalue weighted by Crippen LogP contribution is 2.14. The van der Waals surface area contributed by atoms with E-state index in [-0.39, 0.29) is 31.6 Å². The topological polar surface area (TPSA) is 61.8 Å². The molecule has 0 heterocycles. The molecule has 0 bridgehead atoms. The summed E-state index contributed by atoms with van der Waals surface area (Å²) in [4.78, 5) is 25.4. The first-order valence-electron chi connectivity index (χ1n) is 28.8. The quantitative estimate of drug-likeness (QED) is 0.0345. The van der Waals surface area contributed by atoms with Gasteiger partial charge in [0.15, 0.2) is 6.10 Å². The van der Waals surface area contributed by atoms with E-state index >= 15 is 0 Å². The standard InChI is InChI=1S/C63H108O5/c1-4-7-10-13-16-19-22-25-28-30-32-33-36-38-41-44-47-50-53-56-62(64)67-60-61(68-63(65)57-54-51-48-45-42-39-35-27-24-21-18-15-12-9-6-3)59-66-58-55-52-49-46-43-40-37-34-31-29-26-23-20-17-14-11-8-5-2/h9,12,17-18,20-21,25-29,35,42,45,51,54,61H,4-8,10-11,13-16,19,22-24,30-34,36-41,43-44,46-50,52-53,55-60H2,1-3H3/b12-9-,20-17-,21-18-,28-25-,29-26-,35-27-,45-42-,54-51-. The zero-order valence-corrected chi connectivity index (χ0v) is 44.8. The average Bonchev–Trinajstić information content (AvgIpc) is 3.34. The minimum Gasteiger partial charge on any atom is -0.462 e. The highest BCUT2D eigenvalue weighted by Gasteiger charge is 2.17. The maximum atomic E-state index is 12.8. The van der Waals surface area contributed by atoms with Crippen LogP contribution in [-0.2, 0) is 23.8 Å². The molecule has 0 aromatic heterocycles. The van der Waals surface area contributed by atoms with E-state index in [4.69, 9.17) is 14.2 Å². The number of hydrogen-bond acceptors (Lipinski definition) is 5. The van der Waals surface area contributed by atoms with E-state index in [0.29, 0.717) is 13.0 Å². The van der Waals surface area contributed by atoms with Crippen LogP contribution in [0.4, 0.5) is 0 Å². The monoisotopic (exact) mass is 945 g/mol. The summed E-state index contributed by atoms with van der Waals surface area (Å²) in [5, 5.41) is 0. The van der Waals surface area contributed by atoms with Crippen LogP contribution in [0.25, 0.3) is 0 Å². The van der Waals surface area contributed by atoms with Crippen molar-refractivity contribution in [2.24, 2.45) is 0 Å². The predicted octanol–water partition coefficient (Wildman–Crippen LogP) is 19.8. The summed E-state index contributed by atoms with van der Waals surface area (Å²) in [7, 11) is 0. The number of esters is 2. The van der Waals surface area contributed by atoms with Gasteiger partial charge in [0.05, 0.1) is 13.0 Å². The summed E-state index contributed by atoms with van der Waals surface area (Å²) in [6.07, 6.45) is 78.8. The molecule has 0 fully saturated rings. The average molecular weight is 946 g/mol. The summed E-state index contributed by atoms with van der Waals surface area (Å²) in [5.41, 5.74) is 0. The molecule has 0 spiro atoms. The van der Waals surface area contributed by atoms with Crippen molar-refractivity contribution in [1.29, 1.82) is 0 Å². The van der Waals surface area contributed by atoms with Crippen molar-refractivity contribution in [2.75, 3.05) is 19.8 Å². The number of hydrogen-bond donors (Lipinski definition) is 0. The van der Waals surface area contributed by atoms with Crippen LogP contribution in [0.2, 0.25) is 0 Å². The Hall–Kier alpha value is -3.18. The Morgan fingerprint density at radius 2 is 0.706 bits per heavy atom. The molecule has 5 heteroatoms. The largest absolute Gasteiger partial charge is 0.462 e. The fourth-order valence-corrected chi connectivity index (χ4v) is 7.85. The van der Waals surface area contributed by atoms with Crippen molar-refractivity contribution < 1.29 is 23.8 Å². The Balaban J connectivity index is 4.37. The minimum atomic E-state index is -0.600. The van der Waals surface area contributed by atoms with Gasteiger partial charge in [-0.05, 0) is 103 Å². The van der Waals surface area contributed by atoms with Gasteiger partial charge in [-0.25, -0.2) is 0 Å². The molecule has 68 heavy (non-hydrogen) atoms. The molecule has 0 aliphatic heterocycles. The van der Waals surface area contributed by atoms with E-state index in [2.05, 4.69) is 106 Å². The van der Waals surface area contributed by atoms with Gasteiger partial charge in [-0.1, -0.05) is 246 Å². The van der Waals surface area contributed by atoms with E-state index in [0.717, 1.165) is 70.6 Å². The van der Waals surface area contributed by atoms with Crippen molar-refractivity contribution in [3.8, 4) is 0 Å². The molecule has 1 unspecified atom stereocenters. The van der Waals surface area contributed by atoms with Crippen molar-refractivity contribution in [3.05, 3.63) is 97.2 Å². The third-order valence-corrected chi connectivity index (χ3v) is 12.1. The molecule has 5 nitrogen and oxygen atoms in total. The fraction of sp³-hybridized carbons (Fsp3) is 0.714. The lowest BCUT2D eigenvalue weighted by Crippen LogP contribution is -2.29. The van der Waals surface area contributed by atoms with Crippen LogP contribution in [0.15, 0.2) is 97.2 Å². The molecule has 0 aliphatic rings. The molecule has 0 N–H and O–H groups in total. The van der Waals surface area contributed by atoms with E-state index in [9.17, 15) is 9.59 Å². The van der Waals surface area contributed by atoms with Crippen molar-refractivity contribution in [2.45, 2.75) is 271 Å². The SMILES string of the molecule is CC/C=C\C/C=C\C/C=C\C/C=C\C/C=C\CC(=O)OC(COCCCCCCCCCC/C=C\C/C=C\CCCCC)COC(=O)CCCCCCCCCCC/C=C\CCCCCCCC. The van der Waals surface area contributed by atoms with E-state index in [1.165, 1.54) is 161 Å². The van der Waals surface area contributed by atoms with Gasteiger partial charge in [0.2, 0.25) is 0 Å². The highest BCUT2D eigenvalue weighted by atomic mass is 16.6. The summed E-state index contributed by atoms with van der Waals surface area (Å²) in [6, 6.07) is 0. The second kappa shape index (κ2) is 58.1. The first-order valence-corrected chi connectivity index (χ1v) is 28.8. The number of ether oxygens (including phenoxy) is 3. The number of allylic oxidation sites excluding steroid dienone is 15. The maximum absolute atomic E-state index is 12.8. The van der Waals surface area contributed by atoms with Gasteiger partial charge in [-0.2, -0.15) is 0 Å². The van der Waals surface area contributed by atoms with Crippen LogP contribution in [0, 0.1) is 0 Å². The summed E-state index contributed by atoms with van der Waals surface area (Å²) in [5.74, 6) is -0.546. The molecule has 0 rings (SSSR count). The number of rotatable bonds is 52. The van der Waals surface area contributed by atoms with Crippen molar-refractivity contribution >= 4 is 11.9 Å². The molecular formula is C63H108O5. The Labute approximate surface area is 422 Å². The summed E-state index contributed by atoms with van der Waals surface area (Å²) in [6.45, 7) is 7.58. The molecule has 0 radical (unpaired) electrons. The van der Waals surface area contributed by atoms with Gasteiger partial charge < -0.3 is 14.2 Å². The Morgan fingerprint density at radius 3 is 1.18 bits per heavy atom. The number of carbonyl (C=O) groups excluding carboxylic acids is 2. The Morgan fingerprint density at radius 1 is 0.353 bits per heavy atom. The second-order valence-corrected chi connectivity index (χ2v) is 18.8. The van der Waals surface area contributed by atoms with Crippen molar-refractivity contribution in [1.82, 2.24) is 0 Å². The zero-order chi connectivity index (χ0) is 49.2. The Bertz CT molecular complexity index is 1300. The third kappa shape index (κ3) is 55.4. The van der Waals surface area contributed by atoms with E-state index in [1.807, 2.05) is 12.2 Å². The molecule has 0 saturated heterocycles. The molecule has 0 aromatic rings. The van der Waals surface area contributed by atoms with Crippen LogP contribution in [-0.4, -0.2) is 37.9 Å². The zero-order valence-electron chi connectivity index (χ0n) is 44.8. The van der Waals surface area contributed by atoms with Gasteiger partial charge >= 0.3 is 11.9 Å². The molecule has 390 valence electrons. The summed E-state index contributed by atoms with van der Waals surface area (Å²) < 4.78 is 17.4. The van der Waals surface area contributed by atoms with E-state index < -0.39 is 6.10 Å². The van der Waals surface area contributed by atoms with Crippen LogP contribution in [0.5, 0.6) is 0 Å². The van der Waals surface area contributed by atoms with Crippen LogP contribution in [0.3, 0.4) is 0 Å². The lowest BCUT2D eigenvalue weighted by molar-refractivity contribution is -0.162. The predicted molar refractivity (Wildman–Crippen MR) is 297 cm³/mol. The molecule has 0 amide bonds. The lowest BCUT2D eigenvalue weighted by atomic mass is 10.1. The summed E-state index contributed by atoms with van der Waals surface area (Å²) >= 11 is 0. The van der Waals surface area contributed by atoms with Gasteiger partial charge in [-0.3, -0.25) is 9.59 Å². The lowest BCUT2D eigenvalue weighted by Gasteiger charge is -2.18. The smallest absolute Gasteiger partial charge is 0.310 e. The second-order valence-electron chi connectivity index (χ2n) is 18.8. The van der Waals surface area contributed by atoms with E-state index in [1.54, 1.807) is 0 Å². The minimum absolute atomic E-state index is 0.0388. The molecular weight excluding hydrogens is 837 g/mol. The molecule has 0 aliphatic carbocycles. The third-order valence-electron chi connectivity index (χ3n) is 12.1. The molecule has 0 aromatic carbocycles. The first kappa shape index (κ1) is 64.8.